The monoisotopic (exact) mass is 383 g/mol. The summed E-state index contributed by atoms with van der Waals surface area (Å²) in [5, 5.41) is 27.2. The maximum absolute atomic E-state index is 13.0. The Balaban J connectivity index is 1.94. The lowest BCUT2D eigenvalue weighted by atomic mass is 9.73. The first-order valence-electron chi connectivity index (χ1n) is 8.93. The molecule has 1 atom stereocenters. The molecule has 2 aromatic rings. The van der Waals surface area contributed by atoms with Crippen molar-refractivity contribution >= 4 is 17.6 Å². The fraction of sp³-hybridized carbons (Fsp3) is 0.350. The normalized spacial score (nSPS) is 20.2. The first kappa shape index (κ1) is 18.1. The Morgan fingerprint density at radius 2 is 2.04 bits per heavy atom. The van der Waals surface area contributed by atoms with Crippen molar-refractivity contribution in [1.29, 1.82) is 0 Å². The third-order valence-corrected chi connectivity index (χ3v) is 5.22. The van der Waals surface area contributed by atoms with Crippen LogP contribution in [0.5, 0.6) is 11.5 Å². The summed E-state index contributed by atoms with van der Waals surface area (Å²) in [7, 11) is 1.29. The molecule has 0 saturated carbocycles. The van der Waals surface area contributed by atoms with Gasteiger partial charge in [0.15, 0.2) is 17.3 Å². The highest BCUT2D eigenvalue weighted by atomic mass is 16.5. The van der Waals surface area contributed by atoms with Gasteiger partial charge in [-0.25, -0.2) is 9.48 Å². The molecule has 2 aliphatic rings. The largest absolute Gasteiger partial charge is 0.504 e. The van der Waals surface area contributed by atoms with E-state index >= 15 is 0 Å². The molecule has 0 saturated heterocycles. The van der Waals surface area contributed by atoms with Crippen molar-refractivity contribution in [3.8, 4) is 11.5 Å². The molecule has 28 heavy (non-hydrogen) atoms. The van der Waals surface area contributed by atoms with Gasteiger partial charge in [-0.1, -0.05) is 19.9 Å². The number of phenolic OH excluding ortho intramolecular Hbond substituents is 2. The Kier molecular flexibility index (Phi) is 3.95. The quantitative estimate of drug-likeness (QED) is 0.540. The van der Waals surface area contributed by atoms with Crippen molar-refractivity contribution in [2.45, 2.75) is 32.7 Å². The third-order valence-electron chi connectivity index (χ3n) is 5.22. The number of nitrogens with one attached hydrogen (secondary N) is 1. The van der Waals surface area contributed by atoms with E-state index in [9.17, 15) is 19.8 Å². The van der Waals surface area contributed by atoms with Crippen LogP contribution in [0.4, 0.5) is 5.82 Å². The number of benzene rings is 1. The van der Waals surface area contributed by atoms with Crippen LogP contribution in [0.3, 0.4) is 0 Å². The highest BCUT2D eigenvalue weighted by molar-refractivity contribution is 6.01. The highest BCUT2D eigenvalue weighted by Gasteiger charge is 2.42. The van der Waals surface area contributed by atoms with Crippen LogP contribution in [0.2, 0.25) is 0 Å². The number of anilines is 1. The maximum Gasteiger partial charge on any atom is 0.343 e. The number of fused-ring (bicyclic) bond motifs is 1. The van der Waals surface area contributed by atoms with Gasteiger partial charge in [0.2, 0.25) is 0 Å². The second kappa shape index (κ2) is 6.12. The van der Waals surface area contributed by atoms with E-state index in [1.165, 1.54) is 25.4 Å². The van der Waals surface area contributed by atoms with Crippen LogP contribution in [-0.2, 0) is 9.53 Å². The summed E-state index contributed by atoms with van der Waals surface area (Å²) in [6.45, 7) is 4.04. The molecule has 1 aromatic carbocycles. The van der Waals surface area contributed by atoms with Gasteiger partial charge in [0.1, 0.15) is 17.4 Å². The van der Waals surface area contributed by atoms with Gasteiger partial charge in [0, 0.05) is 17.7 Å². The molecular formula is C20H21N3O5. The molecule has 4 rings (SSSR count). The first-order valence-corrected chi connectivity index (χ1v) is 8.93. The van der Waals surface area contributed by atoms with Crippen molar-refractivity contribution in [3.05, 3.63) is 46.8 Å². The van der Waals surface area contributed by atoms with Crippen molar-refractivity contribution < 1.29 is 24.5 Å². The van der Waals surface area contributed by atoms with Crippen molar-refractivity contribution in [1.82, 2.24) is 9.78 Å². The van der Waals surface area contributed by atoms with Gasteiger partial charge in [0.05, 0.1) is 13.3 Å². The summed E-state index contributed by atoms with van der Waals surface area (Å²) in [5.41, 5.74) is 1.91. The molecule has 0 bridgehead atoms. The van der Waals surface area contributed by atoms with E-state index in [-0.39, 0.29) is 28.3 Å². The summed E-state index contributed by atoms with van der Waals surface area (Å²) < 4.78 is 6.39. The molecule has 0 unspecified atom stereocenters. The van der Waals surface area contributed by atoms with Gasteiger partial charge in [-0.3, -0.25) is 4.79 Å². The number of ether oxygens (including phenoxy) is 1. The van der Waals surface area contributed by atoms with Crippen LogP contribution in [-0.4, -0.2) is 38.9 Å². The third kappa shape index (κ3) is 2.72. The number of nitrogens with zero attached hydrogens (tertiary/aromatic N) is 2. The number of carbonyl (C=O) groups excluding carboxylic acids is 2. The van der Waals surface area contributed by atoms with Gasteiger partial charge in [-0.05, 0) is 29.5 Å². The number of aromatic hydroxyl groups is 2. The minimum atomic E-state index is -0.625. The zero-order valence-electron chi connectivity index (χ0n) is 15.8. The average molecular weight is 383 g/mol. The number of allylic oxidation sites excluding steroid dienone is 2. The molecule has 1 aliphatic carbocycles. The zero-order chi connectivity index (χ0) is 20.2. The fourth-order valence-corrected chi connectivity index (χ4v) is 3.99. The highest BCUT2D eigenvalue weighted by Crippen LogP contribution is 2.47. The Hall–Kier alpha value is -3.29. The summed E-state index contributed by atoms with van der Waals surface area (Å²) >= 11 is 0. The average Bonchev–Trinajstić information content (AvgIpc) is 3.04. The van der Waals surface area contributed by atoms with E-state index in [1.807, 2.05) is 13.8 Å². The summed E-state index contributed by atoms with van der Waals surface area (Å²) in [6.07, 6.45) is 2.41. The van der Waals surface area contributed by atoms with E-state index in [0.29, 0.717) is 29.8 Å². The molecule has 0 fully saturated rings. The second-order valence-electron chi connectivity index (χ2n) is 7.95. The number of esters is 1. The first-order chi connectivity index (χ1) is 13.2. The van der Waals surface area contributed by atoms with Gasteiger partial charge >= 0.3 is 5.97 Å². The number of phenols is 2. The lowest BCUT2D eigenvalue weighted by Crippen LogP contribution is -2.36. The molecule has 1 aromatic heterocycles. The number of carbonyl (C=O) groups is 2. The fourth-order valence-electron chi connectivity index (χ4n) is 3.99. The summed E-state index contributed by atoms with van der Waals surface area (Å²) in [6, 6.07) is 3.78. The molecular weight excluding hydrogens is 362 g/mol. The topological polar surface area (TPSA) is 114 Å². The Morgan fingerprint density at radius 3 is 2.71 bits per heavy atom. The van der Waals surface area contributed by atoms with Crippen molar-refractivity contribution in [3.63, 3.8) is 0 Å². The lowest BCUT2D eigenvalue weighted by Gasteiger charge is -2.39. The summed E-state index contributed by atoms with van der Waals surface area (Å²) in [5.74, 6) is -0.653. The van der Waals surface area contributed by atoms with E-state index < -0.39 is 12.0 Å². The van der Waals surface area contributed by atoms with Crippen LogP contribution in [0, 0.1) is 5.41 Å². The van der Waals surface area contributed by atoms with Gasteiger partial charge in [0.25, 0.3) is 0 Å². The number of ketones is 1. The number of hydrogen-bond acceptors (Lipinski definition) is 7. The molecule has 8 heteroatoms. The lowest BCUT2D eigenvalue weighted by molar-refractivity contribution is -0.118. The smallest absolute Gasteiger partial charge is 0.343 e. The minimum Gasteiger partial charge on any atom is -0.504 e. The molecule has 1 aliphatic heterocycles. The molecule has 0 spiro atoms. The SMILES string of the molecule is COC(=O)c1cnn2c1NC1=C(C(=O)CC(C)(C)C1)[C@@H]2c1ccc(O)c(O)c1. The van der Waals surface area contributed by atoms with Crippen LogP contribution in [0.1, 0.15) is 48.7 Å². The number of rotatable bonds is 2. The molecule has 3 N–H and O–H groups in total. The zero-order valence-corrected chi connectivity index (χ0v) is 15.8. The Bertz CT molecular complexity index is 1030. The second-order valence-corrected chi connectivity index (χ2v) is 7.95. The van der Waals surface area contributed by atoms with E-state index in [0.717, 1.165) is 5.70 Å². The maximum atomic E-state index is 13.0. The number of hydrogen-bond donors (Lipinski definition) is 3. The number of aromatic nitrogens is 2. The molecule has 0 amide bonds. The van der Waals surface area contributed by atoms with Gasteiger partial charge < -0.3 is 20.3 Å². The van der Waals surface area contributed by atoms with Crippen LogP contribution in [0.25, 0.3) is 0 Å². The molecule has 0 radical (unpaired) electrons. The van der Waals surface area contributed by atoms with E-state index in [1.54, 1.807) is 10.7 Å². The van der Waals surface area contributed by atoms with Crippen molar-refractivity contribution in [2.24, 2.45) is 5.41 Å². The van der Waals surface area contributed by atoms with Gasteiger partial charge in [-0.15, -0.1) is 0 Å². The van der Waals surface area contributed by atoms with Crippen LogP contribution in [0.15, 0.2) is 35.7 Å². The van der Waals surface area contributed by atoms with Crippen molar-refractivity contribution in [2.75, 3.05) is 12.4 Å². The molecule has 2 heterocycles. The molecule has 146 valence electrons. The minimum absolute atomic E-state index is 0.0166. The number of methoxy groups -OCH3 is 1. The predicted octanol–water partition coefficient (Wildman–Crippen LogP) is 2.74. The molecule has 8 nitrogen and oxygen atoms in total. The van der Waals surface area contributed by atoms with Gasteiger partial charge in [-0.2, -0.15) is 5.10 Å². The predicted molar refractivity (Wildman–Crippen MR) is 100 cm³/mol. The number of Topliss-reactive ketones (excluding diaryl/α,β-unsaturated/α-hetero) is 1. The Morgan fingerprint density at radius 1 is 1.29 bits per heavy atom. The van der Waals surface area contributed by atoms with Crippen LogP contribution >= 0.6 is 0 Å². The van der Waals surface area contributed by atoms with Crippen LogP contribution < -0.4 is 5.32 Å². The van der Waals surface area contributed by atoms with E-state index in [2.05, 4.69) is 10.4 Å². The summed E-state index contributed by atoms with van der Waals surface area (Å²) in [4.78, 5) is 25.2. The van der Waals surface area contributed by atoms with E-state index in [4.69, 9.17) is 4.74 Å². The standard InChI is InChI=1S/C20H21N3O5/c1-20(2)7-12-16(15(26)8-20)17(10-4-5-13(24)14(25)6-10)23-18(22-12)11(9-21-23)19(27)28-3/h4-6,9,17,22,24-25H,7-8H2,1-3H3/t17-/m0/s1. The Labute approximate surface area is 161 Å².